The molecule has 0 saturated carbocycles. The zero-order chi connectivity index (χ0) is 20.7. The number of esters is 1. The number of carbonyl (C=O) groups is 1. The van der Waals surface area contributed by atoms with Crippen molar-refractivity contribution in [1.82, 2.24) is 9.97 Å². The van der Waals surface area contributed by atoms with Gasteiger partial charge in [-0.05, 0) is 25.1 Å². The Morgan fingerprint density at radius 2 is 1.86 bits per heavy atom. The normalized spacial score (nSPS) is 13.4. The summed E-state index contributed by atoms with van der Waals surface area (Å²) in [6.07, 6.45) is -0.296. The molecular weight excluding hydrogens is 380 g/mol. The van der Waals surface area contributed by atoms with E-state index < -0.39 is 23.0 Å². The Labute approximate surface area is 163 Å². The fraction of sp³-hybridized carbons (Fsp3) is 0.250. The Hall–Kier alpha value is -3.75. The number of methoxy groups -OCH3 is 1. The Balaban J connectivity index is 1.93. The molecule has 4 rings (SSSR count). The Bertz CT molecular complexity index is 1240. The smallest absolute Gasteiger partial charge is 0.306 e. The zero-order valence-electron chi connectivity index (χ0n) is 15.7. The molecule has 1 atom stereocenters. The number of carbonyl (C=O) groups excluding carboxylic acids is 1. The molecule has 1 unspecified atom stereocenters. The van der Waals surface area contributed by atoms with Gasteiger partial charge in [0, 0.05) is 28.6 Å². The van der Waals surface area contributed by atoms with Gasteiger partial charge >= 0.3 is 5.97 Å². The standard InChI is InChI=1S/C20H18N2O7/c1-9-3-14(23)18(20(26)21-9)11(6-17(24)27-2)12-4-10-5-15-16(29-8-28-15)7-13(10)22-19(12)25/h3-5,7,11H,6,8H2,1-2H3,(H,22,25)(H2,21,23,26). The van der Waals surface area contributed by atoms with E-state index in [1.807, 2.05) is 0 Å². The zero-order valence-corrected chi connectivity index (χ0v) is 15.7. The third-order valence-electron chi connectivity index (χ3n) is 4.87. The fourth-order valence-electron chi connectivity index (χ4n) is 3.51. The van der Waals surface area contributed by atoms with Crippen molar-refractivity contribution in [2.75, 3.05) is 13.9 Å². The number of nitrogens with one attached hydrogen (secondary N) is 2. The van der Waals surface area contributed by atoms with Crippen LogP contribution in [-0.4, -0.2) is 34.9 Å². The average molecular weight is 398 g/mol. The summed E-state index contributed by atoms with van der Waals surface area (Å²) in [7, 11) is 1.21. The molecule has 2 aromatic heterocycles. The molecule has 1 aliphatic rings. The first-order valence-corrected chi connectivity index (χ1v) is 8.83. The lowest BCUT2D eigenvalue weighted by Gasteiger charge is -2.17. The highest BCUT2D eigenvalue weighted by atomic mass is 16.7. The van der Waals surface area contributed by atoms with E-state index in [4.69, 9.17) is 14.2 Å². The number of rotatable bonds is 4. The molecule has 0 radical (unpaired) electrons. The van der Waals surface area contributed by atoms with Crippen LogP contribution >= 0.6 is 0 Å². The maximum Gasteiger partial charge on any atom is 0.306 e. The van der Waals surface area contributed by atoms with Crippen LogP contribution in [0.1, 0.15) is 29.2 Å². The van der Waals surface area contributed by atoms with Gasteiger partial charge in [0.15, 0.2) is 11.5 Å². The van der Waals surface area contributed by atoms with Crippen LogP contribution in [0.25, 0.3) is 10.9 Å². The van der Waals surface area contributed by atoms with Crippen molar-refractivity contribution >= 4 is 16.9 Å². The highest BCUT2D eigenvalue weighted by Crippen LogP contribution is 2.37. The van der Waals surface area contributed by atoms with Gasteiger partial charge < -0.3 is 29.3 Å². The molecule has 9 nitrogen and oxygen atoms in total. The number of aromatic hydroxyl groups is 1. The van der Waals surface area contributed by atoms with Crippen molar-refractivity contribution in [1.29, 1.82) is 0 Å². The van der Waals surface area contributed by atoms with Crippen molar-refractivity contribution in [2.24, 2.45) is 0 Å². The fourth-order valence-corrected chi connectivity index (χ4v) is 3.51. The van der Waals surface area contributed by atoms with E-state index in [9.17, 15) is 19.5 Å². The first-order chi connectivity index (χ1) is 13.9. The SMILES string of the molecule is COC(=O)CC(c1cc2cc3c(cc2[nH]c1=O)OCO3)c1c(O)cc(C)[nH]c1=O. The third kappa shape index (κ3) is 3.31. The van der Waals surface area contributed by atoms with E-state index in [1.165, 1.54) is 13.2 Å². The highest BCUT2D eigenvalue weighted by Gasteiger charge is 2.28. The van der Waals surface area contributed by atoms with E-state index in [0.717, 1.165) is 0 Å². The van der Waals surface area contributed by atoms with E-state index in [-0.39, 0.29) is 30.1 Å². The van der Waals surface area contributed by atoms with E-state index in [0.29, 0.717) is 28.1 Å². The molecule has 0 aliphatic carbocycles. The summed E-state index contributed by atoms with van der Waals surface area (Å²) in [6, 6.07) is 6.29. The van der Waals surface area contributed by atoms with Gasteiger partial charge in [-0.1, -0.05) is 0 Å². The van der Waals surface area contributed by atoms with Crippen molar-refractivity contribution in [3.8, 4) is 17.2 Å². The number of ether oxygens (including phenoxy) is 3. The van der Waals surface area contributed by atoms with Crippen molar-refractivity contribution in [2.45, 2.75) is 19.3 Å². The minimum atomic E-state index is -1.01. The summed E-state index contributed by atoms with van der Waals surface area (Å²) >= 11 is 0. The van der Waals surface area contributed by atoms with Gasteiger partial charge in [0.05, 0.1) is 24.6 Å². The average Bonchev–Trinajstić information content (AvgIpc) is 3.11. The molecule has 3 aromatic rings. The molecule has 0 fully saturated rings. The predicted octanol–water partition coefficient (Wildman–Crippen LogP) is 1.65. The van der Waals surface area contributed by atoms with Gasteiger partial charge in [-0.3, -0.25) is 14.4 Å². The number of pyridine rings is 2. The predicted molar refractivity (Wildman–Crippen MR) is 103 cm³/mol. The topological polar surface area (TPSA) is 131 Å². The summed E-state index contributed by atoms with van der Waals surface area (Å²) in [5.41, 5.74) is -0.0423. The monoisotopic (exact) mass is 398 g/mol. The second kappa shape index (κ2) is 7.01. The number of fused-ring (bicyclic) bond motifs is 2. The van der Waals surface area contributed by atoms with Crippen LogP contribution in [0.3, 0.4) is 0 Å². The molecule has 3 heterocycles. The van der Waals surface area contributed by atoms with Crippen molar-refractivity contribution in [3.05, 3.63) is 61.8 Å². The lowest BCUT2D eigenvalue weighted by atomic mass is 9.88. The van der Waals surface area contributed by atoms with Crippen LogP contribution in [0.2, 0.25) is 0 Å². The van der Waals surface area contributed by atoms with E-state index in [2.05, 4.69) is 9.97 Å². The number of aryl methyl sites for hydroxylation is 1. The van der Waals surface area contributed by atoms with Crippen molar-refractivity contribution < 1.29 is 24.1 Å². The number of aromatic amines is 2. The summed E-state index contributed by atoms with van der Waals surface area (Å²) in [5.74, 6) is -0.897. The maximum atomic E-state index is 12.8. The molecule has 150 valence electrons. The second-order valence-corrected chi connectivity index (χ2v) is 6.76. The summed E-state index contributed by atoms with van der Waals surface area (Å²) in [5, 5.41) is 11.0. The quantitative estimate of drug-likeness (QED) is 0.570. The molecule has 0 amide bonds. The molecule has 1 aliphatic heterocycles. The van der Waals surface area contributed by atoms with Crippen LogP contribution in [0.15, 0.2) is 33.9 Å². The van der Waals surface area contributed by atoms with Crippen LogP contribution < -0.4 is 20.6 Å². The summed E-state index contributed by atoms with van der Waals surface area (Å²) < 4.78 is 15.4. The molecule has 3 N–H and O–H groups in total. The van der Waals surface area contributed by atoms with Gasteiger partial charge in [-0.2, -0.15) is 0 Å². The molecule has 9 heteroatoms. The lowest BCUT2D eigenvalue weighted by Crippen LogP contribution is -2.25. The van der Waals surface area contributed by atoms with Gasteiger partial charge in [0.25, 0.3) is 11.1 Å². The van der Waals surface area contributed by atoms with E-state index in [1.54, 1.807) is 25.1 Å². The summed E-state index contributed by atoms with van der Waals surface area (Å²) in [4.78, 5) is 42.8. The minimum absolute atomic E-state index is 0.0772. The minimum Gasteiger partial charge on any atom is -0.507 e. The molecule has 0 spiro atoms. The Morgan fingerprint density at radius 3 is 2.55 bits per heavy atom. The molecular formula is C20H18N2O7. The number of hydrogen-bond donors (Lipinski definition) is 3. The molecule has 0 saturated heterocycles. The van der Waals surface area contributed by atoms with Crippen LogP contribution in [0, 0.1) is 6.92 Å². The molecule has 29 heavy (non-hydrogen) atoms. The maximum absolute atomic E-state index is 12.8. The number of aromatic nitrogens is 2. The molecule has 1 aromatic carbocycles. The van der Waals surface area contributed by atoms with Crippen LogP contribution in [0.4, 0.5) is 0 Å². The highest BCUT2D eigenvalue weighted by molar-refractivity contribution is 5.84. The number of H-pyrrole nitrogens is 2. The van der Waals surface area contributed by atoms with Gasteiger partial charge in [0.2, 0.25) is 6.79 Å². The van der Waals surface area contributed by atoms with E-state index >= 15 is 0 Å². The number of hydrogen-bond acceptors (Lipinski definition) is 7. The largest absolute Gasteiger partial charge is 0.507 e. The Kier molecular flexibility index (Phi) is 4.50. The Morgan fingerprint density at radius 1 is 1.14 bits per heavy atom. The second-order valence-electron chi connectivity index (χ2n) is 6.76. The molecule has 0 bridgehead atoms. The first-order valence-electron chi connectivity index (χ1n) is 8.83. The summed E-state index contributed by atoms with van der Waals surface area (Å²) in [6.45, 7) is 1.70. The third-order valence-corrected chi connectivity index (χ3v) is 4.87. The van der Waals surface area contributed by atoms with Crippen LogP contribution in [0.5, 0.6) is 17.2 Å². The first kappa shape index (κ1) is 18.6. The number of benzene rings is 1. The van der Waals surface area contributed by atoms with Crippen molar-refractivity contribution in [3.63, 3.8) is 0 Å². The lowest BCUT2D eigenvalue weighted by molar-refractivity contribution is -0.140. The van der Waals surface area contributed by atoms with Crippen LogP contribution in [-0.2, 0) is 9.53 Å². The van der Waals surface area contributed by atoms with Gasteiger partial charge in [-0.15, -0.1) is 0 Å². The van der Waals surface area contributed by atoms with Gasteiger partial charge in [0.1, 0.15) is 5.75 Å². The van der Waals surface area contributed by atoms with Gasteiger partial charge in [-0.25, -0.2) is 0 Å².